The van der Waals surface area contributed by atoms with Crippen LogP contribution in [0, 0.1) is 23.0 Å². The van der Waals surface area contributed by atoms with Crippen LogP contribution in [-0.4, -0.2) is 52.5 Å². The molecule has 0 atom stereocenters. The Hall–Kier alpha value is -1.96. The van der Waals surface area contributed by atoms with E-state index in [1.807, 2.05) is 4.90 Å². The average molecular weight is 294 g/mol. The van der Waals surface area contributed by atoms with Crippen molar-refractivity contribution in [1.82, 2.24) is 14.9 Å². The number of nitrogens with zero attached hydrogens (tertiary/aromatic N) is 5. The highest BCUT2D eigenvalue weighted by Crippen LogP contribution is 2.29. The highest BCUT2D eigenvalue weighted by atomic mass is 16.6. The summed E-state index contributed by atoms with van der Waals surface area (Å²) in [6.45, 7) is 10.2. The Morgan fingerprint density at radius 1 is 1.29 bits per heavy atom. The summed E-state index contributed by atoms with van der Waals surface area (Å²) < 4.78 is 0. The number of anilines is 2. The van der Waals surface area contributed by atoms with E-state index in [4.69, 9.17) is 5.73 Å². The first-order chi connectivity index (χ1) is 9.88. The first-order valence-corrected chi connectivity index (χ1v) is 7.14. The molecule has 8 heteroatoms. The Morgan fingerprint density at radius 3 is 2.43 bits per heavy atom. The summed E-state index contributed by atoms with van der Waals surface area (Å²) in [5, 5.41) is 11.3. The van der Waals surface area contributed by atoms with Crippen molar-refractivity contribution in [1.29, 1.82) is 0 Å². The third-order valence-electron chi connectivity index (χ3n) is 3.53. The molecule has 0 aliphatic carbocycles. The molecule has 1 aromatic heterocycles. The molecule has 21 heavy (non-hydrogen) atoms. The van der Waals surface area contributed by atoms with Gasteiger partial charge in [-0.1, -0.05) is 13.8 Å². The van der Waals surface area contributed by atoms with Gasteiger partial charge in [-0.2, -0.15) is 4.98 Å². The van der Waals surface area contributed by atoms with E-state index in [1.165, 1.54) is 0 Å². The molecular formula is C13H22N6O2. The smallest absolute Gasteiger partial charge is 0.332 e. The van der Waals surface area contributed by atoms with E-state index >= 15 is 0 Å². The SMILES string of the molecule is Cc1nc(N)nc(N2CCN(CC(C)C)CC2)c1[N+](=O)[O-]. The van der Waals surface area contributed by atoms with Crippen molar-refractivity contribution < 1.29 is 4.92 Å². The molecule has 0 radical (unpaired) electrons. The van der Waals surface area contributed by atoms with Gasteiger partial charge in [0.05, 0.1) is 4.92 Å². The van der Waals surface area contributed by atoms with E-state index in [1.54, 1.807) is 6.92 Å². The predicted molar refractivity (Wildman–Crippen MR) is 81.3 cm³/mol. The first kappa shape index (κ1) is 15.4. The van der Waals surface area contributed by atoms with Crippen LogP contribution in [0.5, 0.6) is 0 Å². The molecule has 2 heterocycles. The molecule has 1 fully saturated rings. The van der Waals surface area contributed by atoms with Gasteiger partial charge >= 0.3 is 5.69 Å². The maximum absolute atomic E-state index is 11.3. The van der Waals surface area contributed by atoms with Crippen molar-refractivity contribution in [2.75, 3.05) is 43.4 Å². The van der Waals surface area contributed by atoms with Crippen LogP contribution in [0.4, 0.5) is 17.5 Å². The molecule has 1 saturated heterocycles. The standard InChI is InChI=1S/C13H22N6O2/c1-9(2)8-17-4-6-18(7-5-17)12-11(19(20)21)10(3)15-13(14)16-12/h9H,4-8H2,1-3H3,(H2,14,15,16). The number of piperazine rings is 1. The minimum absolute atomic E-state index is 0.0403. The summed E-state index contributed by atoms with van der Waals surface area (Å²) in [4.78, 5) is 23.1. The number of nitro groups is 1. The van der Waals surface area contributed by atoms with E-state index in [9.17, 15) is 10.1 Å². The monoisotopic (exact) mass is 294 g/mol. The number of hydrogen-bond donors (Lipinski definition) is 1. The zero-order valence-corrected chi connectivity index (χ0v) is 12.7. The minimum atomic E-state index is -0.426. The van der Waals surface area contributed by atoms with Crippen LogP contribution in [0.25, 0.3) is 0 Å². The van der Waals surface area contributed by atoms with Crippen molar-refractivity contribution in [3.8, 4) is 0 Å². The Morgan fingerprint density at radius 2 is 1.90 bits per heavy atom. The first-order valence-electron chi connectivity index (χ1n) is 7.14. The highest BCUT2D eigenvalue weighted by Gasteiger charge is 2.28. The lowest BCUT2D eigenvalue weighted by atomic mass is 10.2. The van der Waals surface area contributed by atoms with E-state index < -0.39 is 4.92 Å². The van der Waals surface area contributed by atoms with E-state index in [2.05, 4.69) is 28.7 Å². The molecule has 0 unspecified atom stereocenters. The second-order valence-electron chi connectivity index (χ2n) is 5.78. The zero-order chi connectivity index (χ0) is 15.6. The molecule has 1 aliphatic heterocycles. The van der Waals surface area contributed by atoms with Crippen molar-refractivity contribution in [3.05, 3.63) is 15.8 Å². The Labute approximate surface area is 124 Å². The highest BCUT2D eigenvalue weighted by molar-refractivity contribution is 5.62. The molecule has 0 bridgehead atoms. The van der Waals surface area contributed by atoms with Crippen molar-refractivity contribution in [2.45, 2.75) is 20.8 Å². The number of aromatic nitrogens is 2. The van der Waals surface area contributed by atoms with Crippen LogP contribution in [0.3, 0.4) is 0 Å². The van der Waals surface area contributed by atoms with Gasteiger partial charge in [0.15, 0.2) is 0 Å². The molecule has 116 valence electrons. The fraction of sp³-hybridized carbons (Fsp3) is 0.692. The Balaban J connectivity index is 2.18. The molecular weight excluding hydrogens is 272 g/mol. The van der Waals surface area contributed by atoms with Crippen LogP contribution < -0.4 is 10.6 Å². The van der Waals surface area contributed by atoms with Crippen LogP contribution >= 0.6 is 0 Å². The van der Waals surface area contributed by atoms with Gasteiger partial charge in [-0.25, -0.2) is 4.98 Å². The van der Waals surface area contributed by atoms with Gasteiger partial charge in [-0.15, -0.1) is 0 Å². The fourth-order valence-corrected chi connectivity index (χ4v) is 2.67. The normalized spacial score (nSPS) is 16.5. The summed E-state index contributed by atoms with van der Waals surface area (Å²) >= 11 is 0. The number of nitrogen functional groups attached to an aromatic ring is 1. The summed E-state index contributed by atoms with van der Waals surface area (Å²) in [5.41, 5.74) is 5.92. The summed E-state index contributed by atoms with van der Waals surface area (Å²) in [5.74, 6) is 1.04. The van der Waals surface area contributed by atoms with Gasteiger partial charge in [-0.3, -0.25) is 15.0 Å². The number of aryl methyl sites for hydroxylation is 1. The van der Waals surface area contributed by atoms with Crippen LogP contribution in [-0.2, 0) is 0 Å². The van der Waals surface area contributed by atoms with Gasteiger partial charge in [0.2, 0.25) is 11.8 Å². The molecule has 0 saturated carbocycles. The maximum Gasteiger partial charge on any atom is 0.332 e. The average Bonchev–Trinajstić information content (AvgIpc) is 2.37. The van der Waals surface area contributed by atoms with Crippen LogP contribution in [0.1, 0.15) is 19.5 Å². The maximum atomic E-state index is 11.3. The third-order valence-corrected chi connectivity index (χ3v) is 3.53. The quantitative estimate of drug-likeness (QED) is 0.654. The number of nitrogens with two attached hydrogens (primary N) is 1. The number of rotatable bonds is 4. The van der Waals surface area contributed by atoms with Crippen molar-refractivity contribution in [3.63, 3.8) is 0 Å². The summed E-state index contributed by atoms with van der Waals surface area (Å²) in [6.07, 6.45) is 0. The van der Waals surface area contributed by atoms with Gasteiger partial charge in [0, 0.05) is 32.7 Å². The molecule has 2 rings (SSSR count). The third kappa shape index (κ3) is 3.57. The predicted octanol–water partition coefficient (Wildman–Crippen LogP) is 1.05. The second kappa shape index (κ2) is 6.21. The molecule has 8 nitrogen and oxygen atoms in total. The minimum Gasteiger partial charge on any atom is -0.368 e. The lowest BCUT2D eigenvalue weighted by Gasteiger charge is -2.35. The fourth-order valence-electron chi connectivity index (χ4n) is 2.67. The largest absolute Gasteiger partial charge is 0.368 e. The van der Waals surface area contributed by atoms with E-state index in [-0.39, 0.29) is 11.6 Å². The molecule has 2 N–H and O–H groups in total. The number of hydrogen-bond acceptors (Lipinski definition) is 7. The second-order valence-corrected chi connectivity index (χ2v) is 5.78. The van der Waals surface area contributed by atoms with Crippen LogP contribution in [0.15, 0.2) is 0 Å². The van der Waals surface area contributed by atoms with Gasteiger partial charge in [0.25, 0.3) is 0 Å². The van der Waals surface area contributed by atoms with Gasteiger partial charge < -0.3 is 10.6 Å². The lowest BCUT2D eigenvalue weighted by Crippen LogP contribution is -2.48. The molecule has 0 amide bonds. The van der Waals surface area contributed by atoms with Gasteiger partial charge in [-0.05, 0) is 12.8 Å². The van der Waals surface area contributed by atoms with E-state index in [0.29, 0.717) is 30.5 Å². The van der Waals surface area contributed by atoms with Crippen molar-refractivity contribution in [2.24, 2.45) is 5.92 Å². The molecule has 1 aliphatic rings. The van der Waals surface area contributed by atoms with Crippen LogP contribution in [0.2, 0.25) is 0 Å². The molecule has 0 spiro atoms. The van der Waals surface area contributed by atoms with Crippen molar-refractivity contribution >= 4 is 17.5 Å². The Bertz CT molecular complexity index is 526. The summed E-state index contributed by atoms with van der Waals surface area (Å²) in [7, 11) is 0. The lowest BCUT2D eigenvalue weighted by molar-refractivity contribution is -0.385. The molecule has 0 aromatic carbocycles. The zero-order valence-electron chi connectivity index (χ0n) is 12.7. The molecule has 1 aromatic rings. The topological polar surface area (TPSA) is 101 Å². The van der Waals surface area contributed by atoms with E-state index in [0.717, 1.165) is 19.6 Å². The Kier molecular flexibility index (Phi) is 4.56. The summed E-state index contributed by atoms with van der Waals surface area (Å²) in [6, 6.07) is 0. The van der Waals surface area contributed by atoms with Gasteiger partial charge in [0.1, 0.15) is 5.69 Å².